The minimum Gasteiger partial charge on any atom is -0.366 e. The Morgan fingerprint density at radius 1 is 1.20 bits per heavy atom. The Balaban J connectivity index is 2.29. The smallest absolute Gasteiger partial charge is 0.249 e. The van der Waals surface area contributed by atoms with Crippen molar-refractivity contribution in [3.05, 3.63) is 53.6 Å². The Morgan fingerprint density at radius 2 is 2.00 bits per heavy atom. The fourth-order valence-electron chi connectivity index (χ4n) is 2.45. The van der Waals surface area contributed by atoms with E-state index < -0.39 is 5.91 Å². The minimum atomic E-state index is -0.434. The van der Waals surface area contributed by atoms with Crippen LogP contribution in [0, 0.1) is 0 Å². The number of nitrogens with two attached hydrogens (primary N) is 1. The van der Waals surface area contributed by atoms with Crippen LogP contribution in [0.15, 0.2) is 42.5 Å². The first kappa shape index (κ1) is 12.4. The Hall–Kier alpha value is -2.62. The van der Waals surface area contributed by atoms with E-state index in [9.17, 15) is 4.79 Å². The molecule has 0 fully saturated rings. The highest BCUT2D eigenvalue weighted by molar-refractivity contribution is 6.00. The third-order valence-corrected chi connectivity index (χ3v) is 3.42. The van der Waals surface area contributed by atoms with Gasteiger partial charge in [0.1, 0.15) is 5.82 Å². The van der Waals surface area contributed by atoms with Crippen molar-refractivity contribution < 1.29 is 4.79 Å². The molecule has 0 aliphatic rings. The predicted molar refractivity (Wildman–Crippen MR) is 79.4 cm³/mol. The Bertz CT molecular complexity index is 756. The number of nitrogens with zero attached hydrogens (tertiary/aromatic N) is 1. The number of para-hydroxylation sites is 2. The Morgan fingerprint density at radius 3 is 2.70 bits per heavy atom. The second-order valence-electron chi connectivity index (χ2n) is 4.66. The van der Waals surface area contributed by atoms with Crippen LogP contribution >= 0.6 is 0 Å². The van der Waals surface area contributed by atoms with E-state index in [2.05, 4.69) is 9.97 Å². The molecule has 20 heavy (non-hydrogen) atoms. The van der Waals surface area contributed by atoms with Gasteiger partial charge in [0, 0.05) is 5.56 Å². The molecule has 0 aliphatic carbocycles. The van der Waals surface area contributed by atoms with Gasteiger partial charge < -0.3 is 10.7 Å². The number of carbonyl (C=O) groups is 1. The summed E-state index contributed by atoms with van der Waals surface area (Å²) in [5, 5.41) is 0. The summed E-state index contributed by atoms with van der Waals surface area (Å²) >= 11 is 0. The van der Waals surface area contributed by atoms with E-state index in [1.165, 1.54) is 0 Å². The number of nitrogens with one attached hydrogen (secondary N) is 1. The maximum Gasteiger partial charge on any atom is 0.249 e. The predicted octanol–water partition coefficient (Wildman–Crippen LogP) is 2.89. The maximum absolute atomic E-state index is 11.7. The first-order valence-electron chi connectivity index (χ1n) is 6.57. The number of carbonyl (C=O) groups excluding carboxylic acids is 1. The molecule has 3 aromatic rings. The average molecular weight is 265 g/mol. The zero-order chi connectivity index (χ0) is 14.1. The van der Waals surface area contributed by atoms with Crippen molar-refractivity contribution in [1.29, 1.82) is 0 Å². The van der Waals surface area contributed by atoms with E-state index in [4.69, 9.17) is 5.73 Å². The van der Waals surface area contributed by atoms with Crippen LogP contribution < -0.4 is 5.73 Å². The second-order valence-corrected chi connectivity index (χ2v) is 4.66. The zero-order valence-electron chi connectivity index (χ0n) is 11.2. The first-order chi connectivity index (χ1) is 9.70. The lowest BCUT2D eigenvalue weighted by Gasteiger charge is -2.09. The lowest BCUT2D eigenvalue weighted by atomic mass is 9.98. The van der Waals surface area contributed by atoms with Gasteiger partial charge in [0.25, 0.3) is 0 Å². The van der Waals surface area contributed by atoms with E-state index in [0.717, 1.165) is 28.6 Å². The molecule has 0 bridgehead atoms. The van der Waals surface area contributed by atoms with Gasteiger partial charge in [-0.05, 0) is 30.2 Å². The summed E-state index contributed by atoms with van der Waals surface area (Å²) in [6, 6.07) is 13.4. The summed E-state index contributed by atoms with van der Waals surface area (Å²) in [5.41, 5.74) is 9.68. The Kier molecular flexibility index (Phi) is 2.99. The number of H-pyrrole nitrogens is 1. The zero-order valence-corrected chi connectivity index (χ0v) is 11.2. The fourth-order valence-corrected chi connectivity index (χ4v) is 2.45. The normalized spacial score (nSPS) is 10.8. The highest BCUT2D eigenvalue weighted by Crippen LogP contribution is 2.27. The summed E-state index contributed by atoms with van der Waals surface area (Å²) in [6.45, 7) is 2.05. The summed E-state index contributed by atoms with van der Waals surface area (Å²) in [4.78, 5) is 19.5. The third kappa shape index (κ3) is 1.95. The molecule has 0 aliphatic heterocycles. The van der Waals surface area contributed by atoms with Crippen LogP contribution in [0.5, 0.6) is 0 Å². The monoisotopic (exact) mass is 265 g/mol. The van der Waals surface area contributed by atoms with Gasteiger partial charge in [0.05, 0.1) is 16.6 Å². The Labute approximate surface area is 116 Å². The molecule has 2 aromatic carbocycles. The molecule has 0 saturated heterocycles. The number of aromatic amines is 1. The maximum atomic E-state index is 11.7. The van der Waals surface area contributed by atoms with Gasteiger partial charge in [0.15, 0.2) is 0 Å². The SMILES string of the molecule is CCc1cccc(C(N)=O)c1-c1nc2ccccc2[nH]1. The average Bonchev–Trinajstić information content (AvgIpc) is 2.89. The van der Waals surface area contributed by atoms with Crippen LogP contribution in [0.4, 0.5) is 0 Å². The highest BCUT2D eigenvalue weighted by atomic mass is 16.1. The van der Waals surface area contributed by atoms with Crippen LogP contribution in [0.2, 0.25) is 0 Å². The molecule has 4 nitrogen and oxygen atoms in total. The molecule has 0 spiro atoms. The van der Waals surface area contributed by atoms with Gasteiger partial charge in [-0.15, -0.1) is 0 Å². The molecular formula is C16H15N3O. The number of hydrogen-bond donors (Lipinski definition) is 2. The van der Waals surface area contributed by atoms with Gasteiger partial charge in [-0.3, -0.25) is 4.79 Å². The van der Waals surface area contributed by atoms with Crippen LogP contribution in [-0.2, 0) is 6.42 Å². The highest BCUT2D eigenvalue weighted by Gasteiger charge is 2.16. The number of fused-ring (bicyclic) bond motifs is 1. The summed E-state index contributed by atoms with van der Waals surface area (Å²) in [6.07, 6.45) is 0.813. The topological polar surface area (TPSA) is 71.8 Å². The minimum absolute atomic E-state index is 0.434. The summed E-state index contributed by atoms with van der Waals surface area (Å²) in [5.74, 6) is 0.258. The number of hydrogen-bond acceptors (Lipinski definition) is 2. The van der Waals surface area contributed by atoms with Crippen molar-refractivity contribution in [2.24, 2.45) is 5.73 Å². The molecule has 0 atom stereocenters. The third-order valence-electron chi connectivity index (χ3n) is 3.42. The van der Waals surface area contributed by atoms with Gasteiger partial charge in [-0.25, -0.2) is 4.98 Å². The van der Waals surface area contributed by atoms with E-state index >= 15 is 0 Å². The molecule has 100 valence electrons. The van der Waals surface area contributed by atoms with Crippen LogP contribution in [-0.4, -0.2) is 15.9 Å². The number of rotatable bonds is 3. The van der Waals surface area contributed by atoms with E-state index in [-0.39, 0.29) is 0 Å². The molecule has 1 amide bonds. The molecule has 3 rings (SSSR count). The molecule has 1 aromatic heterocycles. The van der Waals surface area contributed by atoms with Crippen LogP contribution in [0.25, 0.3) is 22.4 Å². The number of primary amides is 1. The number of amides is 1. The van der Waals surface area contributed by atoms with Gasteiger partial charge in [0.2, 0.25) is 5.91 Å². The van der Waals surface area contributed by atoms with Gasteiger partial charge in [-0.1, -0.05) is 31.2 Å². The fraction of sp³-hybridized carbons (Fsp3) is 0.125. The molecule has 1 heterocycles. The second kappa shape index (κ2) is 4.81. The molecule has 4 heteroatoms. The standard InChI is InChI=1S/C16H15N3O/c1-2-10-6-5-7-11(15(17)20)14(10)16-18-12-8-3-4-9-13(12)19-16/h3-9H,2H2,1H3,(H2,17,20)(H,18,19). The van der Waals surface area contributed by atoms with Crippen LogP contribution in [0.1, 0.15) is 22.8 Å². The first-order valence-corrected chi connectivity index (χ1v) is 6.57. The van der Waals surface area contributed by atoms with Crippen LogP contribution in [0.3, 0.4) is 0 Å². The van der Waals surface area contributed by atoms with E-state index in [1.807, 2.05) is 43.3 Å². The summed E-state index contributed by atoms with van der Waals surface area (Å²) < 4.78 is 0. The van der Waals surface area contributed by atoms with Gasteiger partial charge in [-0.2, -0.15) is 0 Å². The van der Waals surface area contributed by atoms with Crippen molar-refractivity contribution in [3.8, 4) is 11.4 Å². The van der Waals surface area contributed by atoms with Crippen molar-refractivity contribution in [3.63, 3.8) is 0 Å². The van der Waals surface area contributed by atoms with Crippen molar-refractivity contribution in [2.75, 3.05) is 0 Å². The molecule has 0 saturated carbocycles. The summed E-state index contributed by atoms with van der Waals surface area (Å²) in [7, 11) is 0. The number of benzene rings is 2. The van der Waals surface area contributed by atoms with Crippen molar-refractivity contribution in [2.45, 2.75) is 13.3 Å². The quantitative estimate of drug-likeness (QED) is 0.764. The molecular weight excluding hydrogens is 250 g/mol. The lowest BCUT2D eigenvalue weighted by molar-refractivity contribution is 0.100. The number of aromatic nitrogens is 2. The number of imidazole rings is 1. The molecule has 0 unspecified atom stereocenters. The molecule has 0 radical (unpaired) electrons. The lowest BCUT2D eigenvalue weighted by Crippen LogP contribution is -2.13. The van der Waals surface area contributed by atoms with Crippen molar-refractivity contribution >= 4 is 16.9 Å². The van der Waals surface area contributed by atoms with E-state index in [1.54, 1.807) is 6.07 Å². The number of aryl methyl sites for hydroxylation is 1. The van der Waals surface area contributed by atoms with Crippen molar-refractivity contribution in [1.82, 2.24) is 9.97 Å². The van der Waals surface area contributed by atoms with Gasteiger partial charge >= 0.3 is 0 Å². The molecule has 3 N–H and O–H groups in total. The van der Waals surface area contributed by atoms with E-state index in [0.29, 0.717) is 11.4 Å². The largest absolute Gasteiger partial charge is 0.366 e.